The van der Waals surface area contributed by atoms with Gasteiger partial charge in [-0.25, -0.2) is 8.78 Å². The summed E-state index contributed by atoms with van der Waals surface area (Å²) in [6.07, 6.45) is 2.60. The van der Waals surface area contributed by atoms with Crippen LogP contribution in [0.4, 0.5) is 8.78 Å². The summed E-state index contributed by atoms with van der Waals surface area (Å²) in [5.41, 5.74) is 0.138. The number of benzene rings is 1. The molecule has 2 rings (SSSR count). The lowest BCUT2D eigenvalue weighted by molar-refractivity contribution is 0.0529. The maximum atomic E-state index is 13.6. The second-order valence-electron chi connectivity index (χ2n) is 4.84. The van der Waals surface area contributed by atoms with E-state index in [4.69, 9.17) is 4.74 Å². The Morgan fingerprint density at radius 3 is 2.39 bits per heavy atom. The molecule has 2 atom stereocenters. The van der Waals surface area contributed by atoms with Crippen LogP contribution in [0.5, 0.6) is 0 Å². The van der Waals surface area contributed by atoms with Gasteiger partial charge in [-0.1, -0.05) is 6.07 Å². The van der Waals surface area contributed by atoms with Gasteiger partial charge in [0.05, 0.1) is 6.10 Å². The number of halogens is 2. The van der Waals surface area contributed by atoms with Gasteiger partial charge in [0.2, 0.25) is 0 Å². The second kappa shape index (κ2) is 5.76. The monoisotopic (exact) mass is 255 g/mol. The molecule has 2 nitrogen and oxygen atoms in total. The molecule has 1 saturated carbocycles. The molecule has 0 radical (unpaired) electrons. The zero-order chi connectivity index (χ0) is 13.1. The third kappa shape index (κ3) is 2.87. The number of nitrogens with one attached hydrogen (secondary N) is 1. The highest BCUT2D eigenvalue weighted by Crippen LogP contribution is 2.36. The van der Waals surface area contributed by atoms with E-state index in [1.54, 1.807) is 14.2 Å². The van der Waals surface area contributed by atoms with Crippen LogP contribution < -0.4 is 5.32 Å². The first-order valence-corrected chi connectivity index (χ1v) is 6.30. The van der Waals surface area contributed by atoms with Crippen LogP contribution in [-0.4, -0.2) is 26.3 Å². The van der Waals surface area contributed by atoms with Crippen LogP contribution in [0.1, 0.15) is 18.4 Å². The lowest BCUT2D eigenvalue weighted by atomic mass is 9.97. The maximum Gasteiger partial charge on any atom is 0.129 e. The molecule has 0 spiro atoms. The van der Waals surface area contributed by atoms with Crippen molar-refractivity contribution in [3.63, 3.8) is 0 Å². The van der Waals surface area contributed by atoms with Crippen LogP contribution in [0.3, 0.4) is 0 Å². The molecular weight excluding hydrogens is 236 g/mol. The Morgan fingerprint density at radius 2 is 1.94 bits per heavy atom. The number of hydrogen-bond acceptors (Lipinski definition) is 2. The van der Waals surface area contributed by atoms with E-state index in [-0.39, 0.29) is 17.7 Å². The molecule has 0 amide bonds. The van der Waals surface area contributed by atoms with Gasteiger partial charge in [-0.05, 0) is 44.4 Å². The van der Waals surface area contributed by atoms with E-state index in [1.165, 1.54) is 18.2 Å². The molecule has 100 valence electrons. The number of likely N-dealkylation sites (N-methyl/N-ethyl adjacent to an activating group) is 1. The molecule has 0 aliphatic heterocycles. The van der Waals surface area contributed by atoms with E-state index in [0.29, 0.717) is 12.3 Å². The molecule has 4 heteroatoms. The average molecular weight is 255 g/mol. The smallest absolute Gasteiger partial charge is 0.129 e. The third-order valence-electron chi connectivity index (χ3n) is 3.61. The summed E-state index contributed by atoms with van der Waals surface area (Å²) in [6.45, 7) is 0. The Labute approximate surface area is 106 Å². The summed E-state index contributed by atoms with van der Waals surface area (Å²) in [5, 5.41) is 3.12. The zero-order valence-corrected chi connectivity index (χ0v) is 10.7. The first-order chi connectivity index (χ1) is 8.67. The summed E-state index contributed by atoms with van der Waals surface area (Å²) in [6, 6.07) is 3.92. The van der Waals surface area contributed by atoms with Gasteiger partial charge in [-0.3, -0.25) is 0 Å². The normalized spacial score (nSPS) is 18.7. The van der Waals surface area contributed by atoms with Crippen molar-refractivity contribution in [3.8, 4) is 0 Å². The van der Waals surface area contributed by atoms with Gasteiger partial charge in [0, 0.05) is 18.7 Å². The fourth-order valence-corrected chi connectivity index (χ4v) is 2.44. The van der Waals surface area contributed by atoms with Crippen LogP contribution in [0.25, 0.3) is 0 Å². The van der Waals surface area contributed by atoms with Gasteiger partial charge >= 0.3 is 0 Å². The number of methoxy groups -OCH3 is 1. The highest BCUT2D eigenvalue weighted by atomic mass is 19.1. The molecule has 1 aliphatic rings. The van der Waals surface area contributed by atoms with Crippen LogP contribution in [0.15, 0.2) is 18.2 Å². The van der Waals surface area contributed by atoms with Crippen LogP contribution >= 0.6 is 0 Å². The minimum Gasteiger partial charge on any atom is -0.380 e. The van der Waals surface area contributed by atoms with Gasteiger partial charge in [0.15, 0.2) is 0 Å². The van der Waals surface area contributed by atoms with E-state index in [2.05, 4.69) is 5.32 Å². The van der Waals surface area contributed by atoms with Crippen LogP contribution in [0, 0.1) is 17.6 Å². The zero-order valence-electron chi connectivity index (χ0n) is 10.7. The standard InChI is InChI=1S/C14H19F2NO/c1-17-13(14(18-2)9-6-7-9)8-10-11(15)4-3-5-12(10)16/h3-5,9,13-14,17H,6-8H2,1-2H3. The number of ether oxygens (including phenoxy) is 1. The quantitative estimate of drug-likeness (QED) is 0.843. The molecule has 2 unspecified atom stereocenters. The lowest BCUT2D eigenvalue weighted by Crippen LogP contribution is -2.42. The molecule has 1 fully saturated rings. The van der Waals surface area contributed by atoms with Gasteiger partial charge in [0.1, 0.15) is 11.6 Å². The minimum atomic E-state index is -0.485. The predicted molar refractivity (Wildman–Crippen MR) is 66.4 cm³/mol. The topological polar surface area (TPSA) is 21.3 Å². The summed E-state index contributed by atoms with van der Waals surface area (Å²) >= 11 is 0. The molecule has 1 aromatic carbocycles. The van der Waals surface area contributed by atoms with Crippen molar-refractivity contribution < 1.29 is 13.5 Å². The van der Waals surface area contributed by atoms with Crippen LogP contribution in [0.2, 0.25) is 0 Å². The van der Waals surface area contributed by atoms with Crippen molar-refractivity contribution in [2.45, 2.75) is 31.4 Å². The Morgan fingerprint density at radius 1 is 1.33 bits per heavy atom. The molecule has 0 saturated heterocycles. The lowest BCUT2D eigenvalue weighted by Gasteiger charge is -2.26. The van der Waals surface area contributed by atoms with Crippen LogP contribution in [-0.2, 0) is 11.2 Å². The van der Waals surface area contributed by atoms with E-state index < -0.39 is 11.6 Å². The van der Waals surface area contributed by atoms with E-state index in [1.807, 2.05) is 0 Å². The summed E-state index contributed by atoms with van der Waals surface area (Å²) in [5.74, 6) is -0.455. The Bertz CT molecular complexity index is 387. The number of hydrogen-bond donors (Lipinski definition) is 1. The van der Waals surface area contributed by atoms with E-state index in [9.17, 15) is 8.78 Å². The summed E-state index contributed by atoms with van der Waals surface area (Å²) in [4.78, 5) is 0. The van der Waals surface area contributed by atoms with Crippen molar-refractivity contribution in [2.75, 3.05) is 14.2 Å². The largest absolute Gasteiger partial charge is 0.380 e. The first kappa shape index (κ1) is 13.4. The fraction of sp³-hybridized carbons (Fsp3) is 0.571. The molecule has 1 N–H and O–H groups in total. The van der Waals surface area contributed by atoms with Gasteiger partial charge < -0.3 is 10.1 Å². The van der Waals surface area contributed by atoms with E-state index in [0.717, 1.165) is 12.8 Å². The van der Waals surface area contributed by atoms with E-state index >= 15 is 0 Å². The summed E-state index contributed by atoms with van der Waals surface area (Å²) in [7, 11) is 3.46. The first-order valence-electron chi connectivity index (χ1n) is 6.30. The average Bonchev–Trinajstić information content (AvgIpc) is 3.17. The Balaban J connectivity index is 2.14. The van der Waals surface area contributed by atoms with Crippen molar-refractivity contribution in [1.29, 1.82) is 0 Å². The maximum absolute atomic E-state index is 13.6. The predicted octanol–water partition coefficient (Wildman–Crippen LogP) is 2.52. The Hall–Kier alpha value is -1.00. The molecule has 1 aromatic rings. The molecule has 0 aromatic heterocycles. The van der Waals surface area contributed by atoms with Crippen molar-refractivity contribution in [3.05, 3.63) is 35.4 Å². The van der Waals surface area contributed by atoms with Gasteiger partial charge in [-0.2, -0.15) is 0 Å². The molecule has 1 aliphatic carbocycles. The van der Waals surface area contributed by atoms with Crippen molar-refractivity contribution in [2.24, 2.45) is 5.92 Å². The van der Waals surface area contributed by atoms with Crippen molar-refractivity contribution in [1.82, 2.24) is 5.32 Å². The Kier molecular flexibility index (Phi) is 4.30. The SMILES string of the molecule is CNC(Cc1c(F)cccc1F)C(OC)C1CC1. The number of rotatable bonds is 6. The van der Waals surface area contributed by atoms with Crippen molar-refractivity contribution >= 4 is 0 Å². The highest BCUT2D eigenvalue weighted by Gasteiger charge is 2.36. The fourth-order valence-electron chi connectivity index (χ4n) is 2.44. The molecule has 18 heavy (non-hydrogen) atoms. The highest BCUT2D eigenvalue weighted by molar-refractivity contribution is 5.21. The minimum absolute atomic E-state index is 0.0222. The third-order valence-corrected chi connectivity index (χ3v) is 3.61. The summed E-state index contributed by atoms with van der Waals surface area (Å²) < 4.78 is 32.7. The molecule has 0 bridgehead atoms. The van der Waals surface area contributed by atoms with Gasteiger partial charge in [0.25, 0.3) is 0 Å². The second-order valence-corrected chi connectivity index (χ2v) is 4.84. The van der Waals surface area contributed by atoms with Gasteiger partial charge in [-0.15, -0.1) is 0 Å². The molecule has 0 heterocycles. The molecular formula is C14H19F2NO.